The maximum atomic E-state index is 9.79. The van der Waals surface area contributed by atoms with Gasteiger partial charge in [-0.2, -0.15) is 4.91 Å². The predicted molar refractivity (Wildman–Crippen MR) is 39.3 cm³/mol. The fraction of sp³-hybridized carbons (Fsp3) is 1.00. The maximum absolute atomic E-state index is 9.79. The molecule has 2 nitrogen and oxygen atoms in total. The number of nitrogens with zero attached hydrogens (tertiary/aromatic N) is 1. The van der Waals surface area contributed by atoms with Gasteiger partial charge in [-0.3, -0.25) is 0 Å². The van der Waals surface area contributed by atoms with Crippen LogP contribution in [0, 0.1) is 16.7 Å². The zero-order valence-corrected chi connectivity index (χ0v) is 6.42. The third-order valence-electron chi connectivity index (χ3n) is 1.98. The van der Waals surface area contributed by atoms with E-state index in [1.54, 1.807) is 0 Å². The Morgan fingerprint density at radius 1 is 1.33 bits per heavy atom. The number of hydrogen-bond donors (Lipinski definition) is 0. The van der Waals surface area contributed by atoms with Crippen molar-refractivity contribution >= 4 is 0 Å². The van der Waals surface area contributed by atoms with Crippen molar-refractivity contribution in [1.29, 1.82) is 0 Å². The van der Waals surface area contributed by atoms with Gasteiger partial charge in [-0.1, -0.05) is 32.4 Å². The molecule has 0 fully saturated rings. The van der Waals surface area contributed by atoms with Gasteiger partial charge in [0, 0.05) is 0 Å². The van der Waals surface area contributed by atoms with E-state index in [0.717, 1.165) is 6.42 Å². The van der Waals surface area contributed by atoms with Crippen molar-refractivity contribution in [3.8, 4) is 0 Å². The monoisotopic (exact) mass is 129 g/mol. The lowest BCUT2D eigenvalue weighted by Gasteiger charge is -2.13. The zero-order chi connectivity index (χ0) is 7.28. The molecule has 0 N–H and O–H groups in total. The number of nitroso groups, excluding NO2 is 1. The van der Waals surface area contributed by atoms with Gasteiger partial charge < -0.3 is 0 Å². The van der Waals surface area contributed by atoms with Crippen molar-refractivity contribution in [3.63, 3.8) is 0 Å². The van der Waals surface area contributed by atoms with Gasteiger partial charge >= 0.3 is 0 Å². The molecule has 0 bridgehead atoms. The van der Waals surface area contributed by atoms with Gasteiger partial charge in [0.25, 0.3) is 0 Å². The molecular weight excluding hydrogens is 114 g/mol. The van der Waals surface area contributed by atoms with E-state index in [1.807, 2.05) is 0 Å². The number of rotatable bonds is 4. The molecule has 0 aliphatic rings. The highest BCUT2D eigenvalue weighted by Crippen LogP contribution is 2.13. The summed E-state index contributed by atoms with van der Waals surface area (Å²) in [6.07, 6.45) is 1.14. The Hall–Kier alpha value is -0.400. The second-order valence-corrected chi connectivity index (χ2v) is 2.67. The molecule has 0 aromatic rings. The lowest BCUT2D eigenvalue weighted by molar-refractivity contribution is 0.386. The lowest BCUT2D eigenvalue weighted by atomic mass is 9.94. The van der Waals surface area contributed by atoms with Crippen LogP contribution in [0.2, 0.25) is 0 Å². The Morgan fingerprint density at radius 3 is 2.22 bits per heavy atom. The minimum atomic E-state index is 0.451. The SMILES string of the molecule is CCC(C)C(C)CN=O. The lowest BCUT2D eigenvalue weighted by Crippen LogP contribution is -2.09. The van der Waals surface area contributed by atoms with E-state index in [9.17, 15) is 4.91 Å². The summed E-state index contributed by atoms with van der Waals surface area (Å²) in [5.74, 6) is 1.08. The van der Waals surface area contributed by atoms with Crippen LogP contribution in [0.5, 0.6) is 0 Å². The summed E-state index contributed by atoms with van der Waals surface area (Å²) in [5.41, 5.74) is 0. The molecule has 0 aromatic carbocycles. The maximum Gasteiger partial charge on any atom is 0.0839 e. The minimum Gasteiger partial charge on any atom is -0.151 e. The summed E-state index contributed by atoms with van der Waals surface area (Å²) >= 11 is 0. The highest BCUT2D eigenvalue weighted by atomic mass is 16.3. The van der Waals surface area contributed by atoms with Crippen LogP contribution in [0.15, 0.2) is 5.18 Å². The van der Waals surface area contributed by atoms with Crippen molar-refractivity contribution in [3.05, 3.63) is 4.91 Å². The largest absolute Gasteiger partial charge is 0.151 e. The van der Waals surface area contributed by atoms with Crippen LogP contribution in [-0.4, -0.2) is 6.54 Å². The fourth-order valence-corrected chi connectivity index (χ4v) is 0.700. The Bertz CT molecular complexity index is 83.0. The van der Waals surface area contributed by atoms with Crippen molar-refractivity contribution in [2.75, 3.05) is 6.54 Å². The van der Waals surface area contributed by atoms with E-state index in [1.165, 1.54) is 0 Å². The van der Waals surface area contributed by atoms with Crippen molar-refractivity contribution in [2.45, 2.75) is 27.2 Å². The van der Waals surface area contributed by atoms with Crippen LogP contribution >= 0.6 is 0 Å². The van der Waals surface area contributed by atoms with Crippen LogP contribution < -0.4 is 0 Å². The molecule has 0 spiro atoms. The van der Waals surface area contributed by atoms with Gasteiger partial charge in [0.2, 0.25) is 0 Å². The number of hydrogen-bond acceptors (Lipinski definition) is 2. The van der Waals surface area contributed by atoms with E-state index in [4.69, 9.17) is 0 Å². The molecule has 2 unspecified atom stereocenters. The fourth-order valence-electron chi connectivity index (χ4n) is 0.700. The first-order chi connectivity index (χ1) is 4.22. The molecule has 0 amide bonds. The zero-order valence-electron chi connectivity index (χ0n) is 6.42. The molecule has 0 heterocycles. The first-order valence-electron chi connectivity index (χ1n) is 3.51. The summed E-state index contributed by atoms with van der Waals surface area (Å²) in [6, 6.07) is 0. The second-order valence-electron chi connectivity index (χ2n) is 2.67. The van der Waals surface area contributed by atoms with Crippen molar-refractivity contribution in [1.82, 2.24) is 0 Å². The summed E-state index contributed by atoms with van der Waals surface area (Å²) in [7, 11) is 0. The second kappa shape index (κ2) is 4.48. The van der Waals surface area contributed by atoms with Gasteiger partial charge in [-0.15, -0.1) is 0 Å². The summed E-state index contributed by atoms with van der Waals surface area (Å²) in [4.78, 5) is 9.79. The standard InChI is InChI=1S/C7H15NO/c1-4-6(2)7(3)5-8-9/h6-7H,4-5H2,1-3H3. The summed E-state index contributed by atoms with van der Waals surface area (Å²) in [6.45, 7) is 6.81. The molecule has 0 aliphatic carbocycles. The Kier molecular flexibility index (Phi) is 4.28. The molecule has 0 saturated carbocycles. The molecular formula is C7H15NO. The molecule has 0 saturated heterocycles. The highest BCUT2D eigenvalue weighted by molar-refractivity contribution is 4.61. The summed E-state index contributed by atoms with van der Waals surface area (Å²) in [5, 5.41) is 2.85. The highest BCUT2D eigenvalue weighted by Gasteiger charge is 2.08. The van der Waals surface area contributed by atoms with E-state index in [0.29, 0.717) is 18.4 Å². The van der Waals surface area contributed by atoms with E-state index in [-0.39, 0.29) is 0 Å². The van der Waals surface area contributed by atoms with Crippen molar-refractivity contribution in [2.24, 2.45) is 17.0 Å². The average Bonchev–Trinajstić information content (AvgIpc) is 1.87. The molecule has 9 heavy (non-hydrogen) atoms. The quantitative estimate of drug-likeness (QED) is 0.536. The Morgan fingerprint density at radius 2 is 1.89 bits per heavy atom. The predicted octanol–water partition coefficient (Wildman–Crippen LogP) is 2.44. The molecule has 0 aromatic heterocycles. The van der Waals surface area contributed by atoms with Crippen LogP contribution in [0.25, 0.3) is 0 Å². The molecule has 2 heteroatoms. The van der Waals surface area contributed by atoms with E-state index >= 15 is 0 Å². The smallest absolute Gasteiger partial charge is 0.0839 e. The van der Waals surface area contributed by atoms with Crippen LogP contribution in [0.4, 0.5) is 0 Å². The first kappa shape index (κ1) is 8.60. The normalized spacial score (nSPS) is 16.8. The van der Waals surface area contributed by atoms with Crippen LogP contribution in [-0.2, 0) is 0 Å². The van der Waals surface area contributed by atoms with Crippen LogP contribution in [0.3, 0.4) is 0 Å². The molecule has 0 radical (unpaired) electrons. The average molecular weight is 129 g/mol. The van der Waals surface area contributed by atoms with E-state index in [2.05, 4.69) is 25.9 Å². The van der Waals surface area contributed by atoms with Gasteiger partial charge in [-0.05, 0) is 11.8 Å². The van der Waals surface area contributed by atoms with Gasteiger partial charge in [0.15, 0.2) is 0 Å². The van der Waals surface area contributed by atoms with Gasteiger partial charge in [0.1, 0.15) is 0 Å². The third-order valence-corrected chi connectivity index (χ3v) is 1.98. The van der Waals surface area contributed by atoms with Gasteiger partial charge in [-0.25, -0.2) is 0 Å². The van der Waals surface area contributed by atoms with Crippen molar-refractivity contribution < 1.29 is 0 Å². The molecule has 0 aliphatic heterocycles. The third kappa shape index (κ3) is 3.22. The van der Waals surface area contributed by atoms with Crippen LogP contribution in [0.1, 0.15) is 27.2 Å². The van der Waals surface area contributed by atoms with E-state index < -0.39 is 0 Å². The first-order valence-corrected chi connectivity index (χ1v) is 3.51. The molecule has 0 rings (SSSR count). The van der Waals surface area contributed by atoms with Gasteiger partial charge in [0.05, 0.1) is 6.54 Å². The summed E-state index contributed by atoms with van der Waals surface area (Å²) < 4.78 is 0. The Balaban J connectivity index is 3.44. The minimum absolute atomic E-state index is 0.451. The topological polar surface area (TPSA) is 29.4 Å². The Labute approximate surface area is 56.6 Å². The molecule has 2 atom stereocenters. The molecule has 54 valence electrons.